The van der Waals surface area contributed by atoms with E-state index in [1.54, 1.807) is 0 Å². The van der Waals surface area contributed by atoms with Crippen LogP contribution in [0.1, 0.15) is 46.0 Å². The summed E-state index contributed by atoms with van der Waals surface area (Å²) in [5.74, 6) is 1.55. The zero-order valence-corrected chi connectivity index (χ0v) is 11.6. The first-order valence-corrected chi connectivity index (χ1v) is 7.28. The first-order chi connectivity index (χ1) is 8.34. The van der Waals surface area contributed by atoms with Crippen molar-refractivity contribution < 1.29 is 4.74 Å². The van der Waals surface area contributed by atoms with E-state index < -0.39 is 0 Å². The molecule has 0 saturated carbocycles. The van der Waals surface area contributed by atoms with Gasteiger partial charge in [-0.15, -0.1) is 0 Å². The van der Waals surface area contributed by atoms with Crippen molar-refractivity contribution in [1.29, 1.82) is 0 Å². The molecule has 0 aromatic heterocycles. The minimum absolute atomic E-state index is 0.748. The van der Waals surface area contributed by atoms with E-state index in [2.05, 4.69) is 31.3 Å². The maximum absolute atomic E-state index is 5.79. The zero-order chi connectivity index (χ0) is 12.3. The van der Waals surface area contributed by atoms with Gasteiger partial charge in [-0.2, -0.15) is 0 Å². The summed E-state index contributed by atoms with van der Waals surface area (Å²) in [4.78, 5) is 0. The molecule has 0 heterocycles. The van der Waals surface area contributed by atoms with Gasteiger partial charge in [0.25, 0.3) is 0 Å². The molecule has 1 aliphatic carbocycles. The highest BCUT2D eigenvalue weighted by molar-refractivity contribution is 4.93. The fourth-order valence-corrected chi connectivity index (χ4v) is 2.23. The molecular formula is C15H29NO. The number of nitrogens with one attached hydrogen (secondary N) is 1. The molecule has 0 bridgehead atoms. The summed E-state index contributed by atoms with van der Waals surface area (Å²) in [6.07, 6.45) is 10.7. The average Bonchev–Trinajstić information content (AvgIpc) is 2.35. The van der Waals surface area contributed by atoms with E-state index in [-0.39, 0.29) is 0 Å². The van der Waals surface area contributed by atoms with E-state index >= 15 is 0 Å². The number of hydrogen-bond acceptors (Lipinski definition) is 2. The van der Waals surface area contributed by atoms with Gasteiger partial charge in [0.05, 0.1) is 0 Å². The van der Waals surface area contributed by atoms with Crippen molar-refractivity contribution in [2.75, 3.05) is 26.3 Å². The largest absolute Gasteiger partial charge is 0.381 e. The molecule has 1 aliphatic rings. The molecular weight excluding hydrogens is 210 g/mol. The SMILES string of the molecule is CCCNCCCCOCC1CC=CCC1C. The third-order valence-corrected chi connectivity index (χ3v) is 3.57. The van der Waals surface area contributed by atoms with Crippen molar-refractivity contribution in [3.05, 3.63) is 12.2 Å². The molecule has 0 radical (unpaired) electrons. The molecule has 100 valence electrons. The molecule has 1 N–H and O–H groups in total. The van der Waals surface area contributed by atoms with Gasteiger partial charge in [0.2, 0.25) is 0 Å². The Bertz CT molecular complexity index is 203. The quantitative estimate of drug-likeness (QED) is 0.492. The lowest BCUT2D eigenvalue weighted by molar-refractivity contribution is 0.0768. The summed E-state index contributed by atoms with van der Waals surface area (Å²) >= 11 is 0. The molecule has 0 aromatic carbocycles. The van der Waals surface area contributed by atoms with E-state index in [0.717, 1.165) is 38.1 Å². The summed E-state index contributed by atoms with van der Waals surface area (Å²) in [5.41, 5.74) is 0. The fourth-order valence-electron chi connectivity index (χ4n) is 2.23. The Morgan fingerprint density at radius 1 is 1.18 bits per heavy atom. The lowest BCUT2D eigenvalue weighted by Crippen LogP contribution is -2.20. The van der Waals surface area contributed by atoms with Crippen LogP contribution in [-0.4, -0.2) is 26.3 Å². The molecule has 2 atom stereocenters. The van der Waals surface area contributed by atoms with Gasteiger partial charge in [0.1, 0.15) is 0 Å². The van der Waals surface area contributed by atoms with Crippen molar-refractivity contribution in [1.82, 2.24) is 5.32 Å². The van der Waals surface area contributed by atoms with Gasteiger partial charge in [-0.3, -0.25) is 0 Å². The number of allylic oxidation sites excluding steroid dienone is 2. The van der Waals surface area contributed by atoms with Gasteiger partial charge in [0, 0.05) is 13.2 Å². The van der Waals surface area contributed by atoms with Crippen molar-refractivity contribution in [2.45, 2.75) is 46.0 Å². The molecule has 0 aliphatic heterocycles. The van der Waals surface area contributed by atoms with Crippen LogP contribution in [0.4, 0.5) is 0 Å². The van der Waals surface area contributed by atoms with Crippen molar-refractivity contribution >= 4 is 0 Å². The van der Waals surface area contributed by atoms with E-state index in [0.29, 0.717) is 0 Å². The second-order valence-electron chi connectivity index (χ2n) is 5.21. The predicted octanol–water partition coefficient (Wildman–Crippen LogP) is 3.39. The molecule has 2 heteroatoms. The lowest BCUT2D eigenvalue weighted by Gasteiger charge is -2.24. The van der Waals surface area contributed by atoms with Gasteiger partial charge < -0.3 is 10.1 Å². The molecule has 0 fully saturated rings. The van der Waals surface area contributed by atoms with Crippen molar-refractivity contribution in [3.63, 3.8) is 0 Å². The molecule has 2 unspecified atom stereocenters. The van der Waals surface area contributed by atoms with E-state index in [1.165, 1.54) is 32.1 Å². The third kappa shape index (κ3) is 6.85. The van der Waals surface area contributed by atoms with Gasteiger partial charge in [-0.1, -0.05) is 26.0 Å². The Morgan fingerprint density at radius 2 is 2.00 bits per heavy atom. The summed E-state index contributed by atoms with van der Waals surface area (Å²) in [7, 11) is 0. The monoisotopic (exact) mass is 239 g/mol. The van der Waals surface area contributed by atoms with Crippen LogP contribution in [0.2, 0.25) is 0 Å². The van der Waals surface area contributed by atoms with Crippen LogP contribution in [0.5, 0.6) is 0 Å². The van der Waals surface area contributed by atoms with Crippen LogP contribution >= 0.6 is 0 Å². The Morgan fingerprint density at radius 3 is 2.76 bits per heavy atom. The van der Waals surface area contributed by atoms with Gasteiger partial charge >= 0.3 is 0 Å². The molecule has 1 rings (SSSR count). The van der Waals surface area contributed by atoms with Gasteiger partial charge in [-0.05, 0) is 57.0 Å². The zero-order valence-electron chi connectivity index (χ0n) is 11.6. The summed E-state index contributed by atoms with van der Waals surface area (Å²) in [6, 6.07) is 0. The Hall–Kier alpha value is -0.340. The van der Waals surface area contributed by atoms with E-state index in [4.69, 9.17) is 4.74 Å². The van der Waals surface area contributed by atoms with Crippen LogP contribution in [0, 0.1) is 11.8 Å². The highest BCUT2D eigenvalue weighted by atomic mass is 16.5. The van der Waals surface area contributed by atoms with Crippen LogP contribution in [0.25, 0.3) is 0 Å². The molecule has 0 aromatic rings. The second-order valence-corrected chi connectivity index (χ2v) is 5.21. The Kier molecular flexibility index (Phi) is 8.37. The van der Waals surface area contributed by atoms with Crippen molar-refractivity contribution in [2.24, 2.45) is 11.8 Å². The topological polar surface area (TPSA) is 21.3 Å². The predicted molar refractivity (Wildman–Crippen MR) is 74.2 cm³/mol. The number of hydrogen-bond donors (Lipinski definition) is 1. The van der Waals surface area contributed by atoms with Crippen LogP contribution in [0.3, 0.4) is 0 Å². The minimum atomic E-state index is 0.748. The number of rotatable bonds is 9. The second kappa shape index (κ2) is 9.67. The molecule has 0 spiro atoms. The average molecular weight is 239 g/mol. The molecule has 2 nitrogen and oxygen atoms in total. The summed E-state index contributed by atoms with van der Waals surface area (Å²) < 4.78 is 5.79. The minimum Gasteiger partial charge on any atom is -0.381 e. The smallest absolute Gasteiger partial charge is 0.0499 e. The fraction of sp³-hybridized carbons (Fsp3) is 0.867. The standard InChI is InChI=1S/C15H29NO/c1-3-10-16-11-6-7-12-17-13-15-9-5-4-8-14(15)2/h4-5,14-16H,3,6-13H2,1-2H3. The van der Waals surface area contributed by atoms with Gasteiger partial charge in [0.15, 0.2) is 0 Å². The molecule has 0 amide bonds. The number of unbranched alkanes of at least 4 members (excludes halogenated alkanes) is 1. The lowest BCUT2D eigenvalue weighted by atomic mass is 9.85. The van der Waals surface area contributed by atoms with E-state index in [9.17, 15) is 0 Å². The maximum atomic E-state index is 5.79. The summed E-state index contributed by atoms with van der Waals surface area (Å²) in [6.45, 7) is 8.71. The van der Waals surface area contributed by atoms with Crippen LogP contribution < -0.4 is 5.32 Å². The normalized spacial score (nSPS) is 24.1. The van der Waals surface area contributed by atoms with Crippen LogP contribution in [0.15, 0.2) is 12.2 Å². The van der Waals surface area contributed by atoms with Gasteiger partial charge in [-0.25, -0.2) is 0 Å². The van der Waals surface area contributed by atoms with Crippen molar-refractivity contribution in [3.8, 4) is 0 Å². The first kappa shape index (κ1) is 14.7. The van der Waals surface area contributed by atoms with Crippen LogP contribution in [-0.2, 0) is 4.74 Å². The molecule has 0 saturated heterocycles. The highest BCUT2D eigenvalue weighted by Crippen LogP contribution is 2.24. The Balaban J connectivity index is 1.88. The Labute approximate surface area is 107 Å². The number of ether oxygens (including phenoxy) is 1. The highest BCUT2D eigenvalue weighted by Gasteiger charge is 2.17. The maximum Gasteiger partial charge on any atom is 0.0499 e. The van der Waals surface area contributed by atoms with E-state index in [1.807, 2.05) is 0 Å². The summed E-state index contributed by atoms with van der Waals surface area (Å²) in [5, 5.41) is 3.42. The third-order valence-electron chi connectivity index (χ3n) is 3.57. The molecule has 17 heavy (non-hydrogen) atoms. The first-order valence-electron chi connectivity index (χ1n) is 7.28.